The van der Waals surface area contributed by atoms with Gasteiger partial charge in [-0.1, -0.05) is 36.7 Å². The van der Waals surface area contributed by atoms with Gasteiger partial charge in [0.2, 0.25) is 0 Å². The Labute approximate surface area is 138 Å². The van der Waals surface area contributed by atoms with Gasteiger partial charge in [-0.15, -0.1) is 0 Å². The van der Waals surface area contributed by atoms with Crippen LogP contribution in [0.15, 0.2) is 47.6 Å². The minimum absolute atomic E-state index is 0.250. The number of para-hydroxylation sites is 1. The number of rotatable bonds is 3. The molecule has 2 atom stereocenters. The zero-order valence-corrected chi connectivity index (χ0v) is 13.6. The zero-order chi connectivity index (χ0) is 16.6. The molecule has 0 bridgehead atoms. The van der Waals surface area contributed by atoms with E-state index in [4.69, 9.17) is 16.3 Å². The molecule has 3 rings (SSSR count). The Bertz CT molecular complexity index is 852. The highest BCUT2D eigenvalue weighted by Gasteiger charge is 2.38. The van der Waals surface area contributed by atoms with Crippen LogP contribution in [0.3, 0.4) is 0 Å². The second-order valence-electron chi connectivity index (χ2n) is 5.15. The van der Waals surface area contributed by atoms with Crippen molar-refractivity contribution in [2.45, 2.75) is 24.0 Å². The van der Waals surface area contributed by atoms with Gasteiger partial charge in [-0.25, -0.2) is 9.71 Å². The number of sulfonamides is 1. The number of hydrogen-bond donors (Lipinski definition) is 1. The molecule has 0 radical (unpaired) electrons. The second kappa shape index (κ2) is 5.82. The first-order valence-corrected chi connectivity index (χ1v) is 8.68. The third-order valence-electron chi connectivity index (χ3n) is 3.59. The minimum Gasteiger partial charge on any atom is -0.480 e. The van der Waals surface area contributed by atoms with Gasteiger partial charge in [0.1, 0.15) is 5.75 Å². The number of ether oxygens (including phenoxy) is 1. The van der Waals surface area contributed by atoms with Crippen LogP contribution >= 0.6 is 11.6 Å². The maximum atomic E-state index is 12.3. The lowest BCUT2D eigenvalue weighted by atomic mass is 9.97. The minimum atomic E-state index is -4.07. The van der Waals surface area contributed by atoms with Crippen LogP contribution in [0, 0.1) is 0 Å². The van der Waals surface area contributed by atoms with E-state index in [9.17, 15) is 13.2 Å². The number of nitrogens with zero attached hydrogens (tertiary/aromatic N) is 1. The molecule has 0 saturated heterocycles. The number of pyridine rings is 1. The summed E-state index contributed by atoms with van der Waals surface area (Å²) in [5.41, 5.74) is 0.870. The largest absolute Gasteiger partial charge is 0.480 e. The summed E-state index contributed by atoms with van der Waals surface area (Å²) in [5, 5.41) is 0.0249. The van der Waals surface area contributed by atoms with E-state index in [2.05, 4.69) is 4.98 Å². The van der Waals surface area contributed by atoms with Crippen molar-refractivity contribution in [2.75, 3.05) is 0 Å². The number of carbonyl (C=O) groups is 1. The van der Waals surface area contributed by atoms with Crippen LogP contribution in [-0.4, -0.2) is 25.4 Å². The molecule has 6 nitrogen and oxygen atoms in total. The van der Waals surface area contributed by atoms with Crippen molar-refractivity contribution < 1.29 is 17.9 Å². The SMILES string of the molecule is C[C@H]1c2ccccc2O[C@H]1C(=O)NS(=O)(=O)c1ccc(Cl)cn1. The van der Waals surface area contributed by atoms with Crippen molar-refractivity contribution in [1.82, 2.24) is 9.71 Å². The lowest BCUT2D eigenvalue weighted by Gasteiger charge is -2.15. The standard InChI is InChI=1S/C15H13ClN2O4S/c1-9-11-4-2-3-5-12(11)22-14(9)15(19)18-23(20,21)13-7-6-10(16)8-17-13/h2-9,14H,1H3,(H,18,19)/t9-,14+/m0/s1. The van der Waals surface area contributed by atoms with Gasteiger partial charge in [0.15, 0.2) is 11.1 Å². The van der Waals surface area contributed by atoms with Crippen LogP contribution in [0.25, 0.3) is 0 Å². The van der Waals surface area contributed by atoms with Crippen LogP contribution < -0.4 is 9.46 Å². The van der Waals surface area contributed by atoms with E-state index in [1.165, 1.54) is 18.3 Å². The van der Waals surface area contributed by atoms with Crippen LogP contribution in [0.2, 0.25) is 5.02 Å². The first-order chi connectivity index (χ1) is 10.9. The van der Waals surface area contributed by atoms with Crippen molar-refractivity contribution in [3.63, 3.8) is 0 Å². The molecule has 0 fully saturated rings. The predicted octanol–water partition coefficient (Wildman–Crippen LogP) is 2.10. The summed E-state index contributed by atoms with van der Waals surface area (Å²) in [5.74, 6) is -0.396. The van der Waals surface area contributed by atoms with Crippen LogP contribution in [0.4, 0.5) is 0 Å². The number of halogens is 1. The molecule has 1 aromatic heterocycles. The highest BCUT2D eigenvalue weighted by molar-refractivity contribution is 7.90. The average Bonchev–Trinajstić information content (AvgIpc) is 2.85. The molecule has 1 aliphatic heterocycles. The summed E-state index contributed by atoms with van der Waals surface area (Å²) < 4.78 is 32.0. The van der Waals surface area contributed by atoms with Gasteiger partial charge in [-0.3, -0.25) is 4.79 Å². The van der Waals surface area contributed by atoms with Crippen molar-refractivity contribution in [1.29, 1.82) is 0 Å². The van der Waals surface area contributed by atoms with E-state index in [0.717, 1.165) is 5.56 Å². The summed E-state index contributed by atoms with van der Waals surface area (Å²) in [6.07, 6.45) is 0.292. The number of carbonyl (C=O) groups excluding carboxylic acids is 1. The number of hydrogen-bond acceptors (Lipinski definition) is 5. The molecule has 0 spiro atoms. The number of fused-ring (bicyclic) bond motifs is 1. The Morgan fingerprint density at radius 3 is 2.65 bits per heavy atom. The van der Waals surface area contributed by atoms with Crippen molar-refractivity contribution in [3.05, 3.63) is 53.2 Å². The highest BCUT2D eigenvalue weighted by Crippen LogP contribution is 2.37. The Hall–Kier alpha value is -2.12. The molecule has 1 amide bonds. The molecule has 2 heterocycles. The average molecular weight is 353 g/mol. The Balaban J connectivity index is 1.79. The van der Waals surface area contributed by atoms with Gasteiger partial charge in [0, 0.05) is 17.7 Å². The number of aromatic nitrogens is 1. The van der Waals surface area contributed by atoms with Crippen LogP contribution in [0.1, 0.15) is 18.4 Å². The predicted molar refractivity (Wildman–Crippen MR) is 83.8 cm³/mol. The lowest BCUT2D eigenvalue weighted by Crippen LogP contribution is -2.42. The number of amides is 1. The molecular weight excluding hydrogens is 340 g/mol. The normalized spacial score (nSPS) is 19.7. The Morgan fingerprint density at radius 1 is 1.26 bits per heavy atom. The topological polar surface area (TPSA) is 85.4 Å². The number of nitrogens with one attached hydrogen (secondary N) is 1. The van der Waals surface area contributed by atoms with Gasteiger partial charge < -0.3 is 4.74 Å². The van der Waals surface area contributed by atoms with E-state index in [0.29, 0.717) is 10.8 Å². The van der Waals surface area contributed by atoms with E-state index >= 15 is 0 Å². The summed E-state index contributed by atoms with van der Waals surface area (Å²) in [6, 6.07) is 9.84. The van der Waals surface area contributed by atoms with Crippen LogP contribution in [0.5, 0.6) is 5.75 Å². The van der Waals surface area contributed by atoms with Crippen molar-refractivity contribution in [2.24, 2.45) is 0 Å². The zero-order valence-electron chi connectivity index (χ0n) is 12.1. The monoisotopic (exact) mass is 352 g/mol. The molecule has 0 aliphatic carbocycles. The number of benzene rings is 1. The fraction of sp³-hybridized carbons (Fsp3) is 0.200. The molecule has 1 aromatic carbocycles. The lowest BCUT2D eigenvalue weighted by molar-refractivity contribution is -0.126. The van der Waals surface area contributed by atoms with Crippen LogP contribution in [-0.2, 0) is 14.8 Å². The first kappa shape index (κ1) is 15.8. The molecule has 23 heavy (non-hydrogen) atoms. The first-order valence-electron chi connectivity index (χ1n) is 6.82. The molecule has 8 heteroatoms. The van der Waals surface area contributed by atoms with Crippen molar-refractivity contribution >= 4 is 27.5 Å². The third kappa shape index (κ3) is 3.02. The molecule has 1 N–H and O–H groups in total. The molecule has 120 valence electrons. The smallest absolute Gasteiger partial charge is 0.281 e. The summed E-state index contributed by atoms with van der Waals surface area (Å²) in [6.45, 7) is 1.81. The van der Waals surface area contributed by atoms with Gasteiger partial charge in [-0.05, 0) is 18.2 Å². The second-order valence-corrected chi connectivity index (χ2v) is 7.22. The van der Waals surface area contributed by atoms with Crippen molar-refractivity contribution in [3.8, 4) is 5.75 Å². The Morgan fingerprint density at radius 2 is 2.00 bits per heavy atom. The third-order valence-corrected chi connectivity index (χ3v) is 5.07. The fourth-order valence-electron chi connectivity index (χ4n) is 2.41. The summed E-state index contributed by atoms with van der Waals surface area (Å²) in [4.78, 5) is 16.0. The van der Waals surface area contributed by atoms with E-state index in [-0.39, 0.29) is 10.9 Å². The van der Waals surface area contributed by atoms with Gasteiger partial charge in [0.05, 0.1) is 5.02 Å². The fourth-order valence-corrected chi connectivity index (χ4v) is 3.45. The molecule has 2 aromatic rings. The van der Waals surface area contributed by atoms with E-state index < -0.39 is 22.0 Å². The summed E-state index contributed by atoms with van der Waals surface area (Å²) >= 11 is 5.68. The van der Waals surface area contributed by atoms with Gasteiger partial charge >= 0.3 is 0 Å². The molecule has 0 saturated carbocycles. The Kier molecular flexibility index (Phi) is 3.99. The van der Waals surface area contributed by atoms with Gasteiger partial charge in [-0.2, -0.15) is 8.42 Å². The molecular formula is C15H13ClN2O4S. The maximum absolute atomic E-state index is 12.3. The van der Waals surface area contributed by atoms with E-state index in [1.807, 2.05) is 23.8 Å². The highest BCUT2D eigenvalue weighted by atomic mass is 35.5. The quantitative estimate of drug-likeness (QED) is 0.914. The summed E-state index contributed by atoms with van der Waals surface area (Å²) in [7, 11) is -4.07. The molecule has 0 unspecified atom stereocenters. The van der Waals surface area contributed by atoms with E-state index in [1.54, 1.807) is 12.1 Å². The molecule has 1 aliphatic rings. The van der Waals surface area contributed by atoms with Gasteiger partial charge in [0.25, 0.3) is 15.9 Å². The maximum Gasteiger partial charge on any atom is 0.281 e.